The van der Waals surface area contributed by atoms with Crippen LogP contribution in [0.2, 0.25) is 0 Å². The zero-order chi connectivity index (χ0) is 16.4. The van der Waals surface area contributed by atoms with Gasteiger partial charge in [-0.05, 0) is 11.1 Å². The third-order valence-corrected chi connectivity index (χ3v) is 4.79. The van der Waals surface area contributed by atoms with Crippen molar-refractivity contribution in [1.82, 2.24) is 5.06 Å². The summed E-state index contributed by atoms with van der Waals surface area (Å²) in [6.07, 6.45) is 0. The maximum atomic E-state index is 12.8. The summed E-state index contributed by atoms with van der Waals surface area (Å²) >= 11 is 0. The molecule has 0 aliphatic carbocycles. The van der Waals surface area contributed by atoms with Crippen molar-refractivity contribution in [2.75, 3.05) is 6.54 Å². The summed E-state index contributed by atoms with van der Waals surface area (Å²) < 4.78 is 0. The van der Waals surface area contributed by atoms with Gasteiger partial charge < -0.3 is 10.9 Å². The van der Waals surface area contributed by atoms with Crippen molar-refractivity contribution >= 4 is 5.78 Å². The zero-order valence-corrected chi connectivity index (χ0v) is 13.2. The predicted molar refractivity (Wildman–Crippen MR) is 89.0 cm³/mol. The van der Waals surface area contributed by atoms with Crippen molar-refractivity contribution in [1.29, 1.82) is 0 Å². The van der Waals surface area contributed by atoms with Crippen LogP contribution in [0.25, 0.3) is 0 Å². The fraction of sp³-hybridized carbons (Fsp3) is 0.316. The molecule has 1 heterocycles. The molecule has 23 heavy (non-hydrogen) atoms. The van der Waals surface area contributed by atoms with Crippen LogP contribution in [0, 0.1) is 5.92 Å². The first-order chi connectivity index (χ1) is 11.1. The van der Waals surface area contributed by atoms with Gasteiger partial charge in [-0.2, -0.15) is 5.06 Å². The molecule has 2 aromatic rings. The van der Waals surface area contributed by atoms with Crippen LogP contribution >= 0.6 is 0 Å². The van der Waals surface area contributed by atoms with Crippen LogP contribution in [-0.2, 0) is 4.79 Å². The summed E-state index contributed by atoms with van der Waals surface area (Å²) in [4.78, 5) is 12.8. The Morgan fingerprint density at radius 2 is 1.52 bits per heavy atom. The van der Waals surface area contributed by atoms with E-state index in [1.807, 2.05) is 67.6 Å². The molecule has 1 aliphatic rings. The van der Waals surface area contributed by atoms with Crippen molar-refractivity contribution in [3.8, 4) is 0 Å². The second-order valence-corrected chi connectivity index (χ2v) is 6.21. The highest BCUT2D eigenvalue weighted by Crippen LogP contribution is 2.35. The van der Waals surface area contributed by atoms with Gasteiger partial charge in [0.1, 0.15) is 0 Å². The smallest absolute Gasteiger partial charge is 0.155 e. The fourth-order valence-corrected chi connectivity index (χ4v) is 3.44. The Balaban J connectivity index is 1.97. The van der Waals surface area contributed by atoms with Crippen molar-refractivity contribution < 1.29 is 10.0 Å². The molecule has 1 aliphatic heterocycles. The topological polar surface area (TPSA) is 66.6 Å². The molecule has 0 spiro atoms. The average molecular weight is 310 g/mol. The first-order valence-electron chi connectivity index (χ1n) is 7.94. The van der Waals surface area contributed by atoms with E-state index < -0.39 is 12.1 Å². The van der Waals surface area contributed by atoms with Crippen molar-refractivity contribution in [3.05, 3.63) is 71.8 Å². The van der Waals surface area contributed by atoms with Gasteiger partial charge in [-0.1, -0.05) is 67.6 Å². The number of hydroxylamine groups is 2. The van der Waals surface area contributed by atoms with E-state index in [1.165, 1.54) is 5.06 Å². The van der Waals surface area contributed by atoms with Crippen LogP contribution in [-0.4, -0.2) is 28.6 Å². The van der Waals surface area contributed by atoms with Gasteiger partial charge in [-0.3, -0.25) is 4.79 Å². The lowest BCUT2D eigenvalue weighted by molar-refractivity contribution is -0.139. The third kappa shape index (κ3) is 3.06. The van der Waals surface area contributed by atoms with E-state index in [0.717, 1.165) is 11.1 Å². The summed E-state index contributed by atoms with van der Waals surface area (Å²) in [6, 6.07) is 18.1. The number of hydrogen-bond acceptors (Lipinski definition) is 4. The van der Waals surface area contributed by atoms with Gasteiger partial charge >= 0.3 is 0 Å². The summed E-state index contributed by atoms with van der Waals surface area (Å²) in [6.45, 7) is 2.28. The minimum atomic E-state index is -0.744. The number of hydrogen-bond donors (Lipinski definition) is 2. The predicted octanol–water partition coefficient (Wildman–Crippen LogP) is 2.75. The molecule has 3 N–H and O–H groups in total. The van der Waals surface area contributed by atoms with Crippen LogP contribution in [0.5, 0.6) is 0 Å². The first kappa shape index (κ1) is 15.9. The van der Waals surface area contributed by atoms with Gasteiger partial charge in [0.2, 0.25) is 0 Å². The second kappa shape index (κ2) is 6.62. The summed E-state index contributed by atoms with van der Waals surface area (Å²) in [7, 11) is 0. The molecule has 4 atom stereocenters. The monoisotopic (exact) mass is 310 g/mol. The Labute approximate surface area is 136 Å². The van der Waals surface area contributed by atoms with E-state index in [1.54, 1.807) is 0 Å². The Morgan fingerprint density at radius 3 is 2.09 bits per heavy atom. The molecule has 4 nitrogen and oxygen atoms in total. The number of rotatable bonds is 2. The first-order valence-corrected chi connectivity index (χ1v) is 7.94. The quantitative estimate of drug-likeness (QED) is 0.895. The maximum Gasteiger partial charge on any atom is 0.155 e. The normalized spacial score (nSPS) is 29.3. The van der Waals surface area contributed by atoms with Gasteiger partial charge in [0, 0.05) is 18.4 Å². The summed E-state index contributed by atoms with van der Waals surface area (Å²) in [5, 5.41) is 11.9. The van der Waals surface area contributed by atoms with Gasteiger partial charge in [-0.15, -0.1) is 0 Å². The van der Waals surface area contributed by atoms with E-state index in [9.17, 15) is 10.0 Å². The standard InChI is InChI=1S/C19H22N2O2/c1-13-16(14-8-4-2-5-9-14)12-21(23)18(17(20)19(13)22)15-10-6-3-7-11-15/h2-11,13,16-18,23H,12,20H2,1H3/t13?,16-,17+,18-/m1/s1. The second-order valence-electron chi connectivity index (χ2n) is 6.21. The number of Topliss-reactive ketones (excluding diaryl/α,β-unsaturated/α-hetero) is 1. The van der Waals surface area contributed by atoms with Crippen LogP contribution < -0.4 is 5.73 Å². The highest BCUT2D eigenvalue weighted by molar-refractivity contribution is 5.88. The van der Waals surface area contributed by atoms with Crippen LogP contribution in [0.3, 0.4) is 0 Å². The Hall–Kier alpha value is -2.01. The molecule has 1 unspecified atom stereocenters. The molecule has 0 saturated carbocycles. The van der Waals surface area contributed by atoms with E-state index in [-0.39, 0.29) is 17.6 Å². The minimum absolute atomic E-state index is 0.00995. The zero-order valence-electron chi connectivity index (χ0n) is 13.2. The Morgan fingerprint density at radius 1 is 1.00 bits per heavy atom. The molecule has 0 bridgehead atoms. The molecule has 1 fully saturated rings. The highest BCUT2D eigenvalue weighted by Gasteiger charge is 2.41. The number of nitrogens with zero attached hydrogens (tertiary/aromatic N) is 1. The van der Waals surface area contributed by atoms with Crippen molar-refractivity contribution in [3.63, 3.8) is 0 Å². The molecule has 4 heteroatoms. The summed E-state index contributed by atoms with van der Waals surface area (Å²) in [5.74, 6) is -0.325. The number of nitrogens with two attached hydrogens (primary N) is 1. The van der Waals surface area contributed by atoms with Gasteiger partial charge in [0.15, 0.2) is 5.78 Å². The minimum Gasteiger partial charge on any atom is -0.320 e. The Kier molecular flexibility index (Phi) is 4.57. The van der Waals surface area contributed by atoms with E-state index in [0.29, 0.717) is 6.54 Å². The molecule has 0 radical (unpaired) electrons. The molecule has 2 aromatic carbocycles. The molecule has 0 amide bonds. The van der Waals surface area contributed by atoms with Crippen LogP contribution in [0.15, 0.2) is 60.7 Å². The lowest BCUT2D eigenvalue weighted by Crippen LogP contribution is -2.43. The van der Waals surface area contributed by atoms with Crippen LogP contribution in [0.1, 0.15) is 30.0 Å². The Bertz CT molecular complexity index is 660. The van der Waals surface area contributed by atoms with Gasteiger partial charge in [0.25, 0.3) is 0 Å². The average Bonchev–Trinajstić information content (AvgIpc) is 2.67. The van der Waals surface area contributed by atoms with Crippen LogP contribution in [0.4, 0.5) is 0 Å². The molecule has 3 rings (SSSR count). The highest BCUT2D eigenvalue weighted by atomic mass is 16.5. The third-order valence-electron chi connectivity index (χ3n) is 4.79. The van der Waals surface area contributed by atoms with Crippen molar-refractivity contribution in [2.45, 2.75) is 24.9 Å². The lowest BCUT2D eigenvalue weighted by atomic mass is 9.83. The van der Waals surface area contributed by atoms with Crippen molar-refractivity contribution in [2.24, 2.45) is 11.7 Å². The number of ketones is 1. The van der Waals surface area contributed by atoms with Gasteiger partial charge in [-0.25, -0.2) is 0 Å². The number of benzene rings is 2. The summed E-state index contributed by atoms with van der Waals surface area (Å²) in [5.41, 5.74) is 8.13. The fourth-order valence-electron chi connectivity index (χ4n) is 3.44. The molecule has 120 valence electrons. The molecule has 1 saturated heterocycles. The molecular formula is C19H22N2O2. The number of carbonyl (C=O) groups is 1. The SMILES string of the molecule is CC1C(=O)[C@@H](N)[C@@H](c2ccccc2)N(O)C[C@H]1c1ccccc1. The largest absolute Gasteiger partial charge is 0.320 e. The lowest BCUT2D eigenvalue weighted by Gasteiger charge is -2.28. The van der Waals surface area contributed by atoms with E-state index >= 15 is 0 Å². The maximum absolute atomic E-state index is 12.8. The van der Waals surface area contributed by atoms with Gasteiger partial charge in [0.05, 0.1) is 12.1 Å². The van der Waals surface area contributed by atoms with E-state index in [4.69, 9.17) is 5.73 Å². The number of carbonyl (C=O) groups excluding carboxylic acids is 1. The molecular weight excluding hydrogens is 288 g/mol. The molecule has 0 aromatic heterocycles. The van der Waals surface area contributed by atoms with E-state index in [2.05, 4.69) is 0 Å².